The Hall–Kier alpha value is -2.57. The van der Waals surface area contributed by atoms with Gasteiger partial charge in [0.05, 0.1) is 29.4 Å². The number of carbonyl (C=O) groups is 1. The first kappa shape index (κ1) is 27.0. The van der Waals surface area contributed by atoms with Crippen LogP contribution in [0.2, 0.25) is 0 Å². The number of fused-ring (bicyclic) bond motifs is 1. The second kappa shape index (κ2) is 12.4. The van der Waals surface area contributed by atoms with Gasteiger partial charge in [-0.05, 0) is 50.2 Å². The zero-order valence-corrected chi connectivity index (χ0v) is 22.0. The number of methoxy groups -OCH3 is 2. The molecule has 0 spiro atoms. The number of ether oxygens (including phenoxy) is 3. The second-order valence-corrected chi connectivity index (χ2v) is 10.4. The molecule has 190 valence electrons. The Morgan fingerprint density at radius 1 is 1.03 bits per heavy atom. The maximum absolute atomic E-state index is 13.1. The highest BCUT2D eigenvalue weighted by Crippen LogP contribution is 2.27. The van der Waals surface area contributed by atoms with Crippen LogP contribution in [0.3, 0.4) is 0 Å². The van der Waals surface area contributed by atoms with E-state index in [9.17, 15) is 13.2 Å². The van der Waals surface area contributed by atoms with Crippen LogP contribution in [0.1, 0.15) is 24.2 Å². The van der Waals surface area contributed by atoms with Gasteiger partial charge in [0.2, 0.25) is 10.0 Å². The minimum atomic E-state index is -3.77. The maximum atomic E-state index is 13.1. The second-order valence-electron chi connectivity index (χ2n) is 7.50. The Balaban J connectivity index is 1.92. The number of benzene rings is 2. The van der Waals surface area contributed by atoms with Gasteiger partial charge in [0.15, 0.2) is 4.80 Å². The third-order valence-electron chi connectivity index (χ3n) is 5.31. The molecule has 0 atom stereocenters. The standard InChI is InChI=1S/C24H31N3O6S2/c1-5-27-22-20(33-6-2)8-7-9-21(22)34-24(27)25-23(28)18-10-12-19(13-11-18)35(29,30)26(14-16-31-3)15-17-32-4/h7-13H,5-6,14-17H2,1-4H3. The molecule has 0 aliphatic carbocycles. The zero-order chi connectivity index (χ0) is 25.4. The smallest absolute Gasteiger partial charge is 0.279 e. The van der Waals surface area contributed by atoms with Crippen molar-refractivity contribution in [1.29, 1.82) is 0 Å². The Bertz CT molecular complexity index is 1310. The third kappa shape index (κ3) is 6.17. The molecule has 2 aromatic carbocycles. The lowest BCUT2D eigenvalue weighted by Crippen LogP contribution is -2.36. The average Bonchev–Trinajstić information content (AvgIpc) is 3.22. The first-order valence-electron chi connectivity index (χ1n) is 11.3. The number of carbonyl (C=O) groups excluding carboxylic acids is 1. The molecule has 3 aromatic rings. The minimum Gasteiger partial charge on any atom is -0.492 e. The number of aromatic nitrogens is 1. The number of para-hydroxylation sites is 1. The molecule has 0 N–H and O–H groups in total. The van der Waals surface area contributed by atoms with Gasteiger partial charge in [-0.2, -0.15) is 9.30 Å². The summed E-state index contributed by atoms with van der Waals surface area (Å²) in [7, 11) is -0.739. The van der Waals surface area contributed by atoms with E-state index in [-0.39, 0.29) is 31.2 Å². The van der Waals surface area contributed by atoms with Gasteiger partial charge < -0.3 is 18.8 Å². The van der Waals surface area contributed by atoms with Crippen molar-refractivity contribution >= 4 is 37.5 Å². The normalized spacial score (nSPS) is 12.5. The summed E-state index contributed by atoms with van der Waals surface area (Å²) in [5, 5.41) is 0. The van der Waals surface area contributed by atoms with Crippen molar-refractivity contribution < 1.29 is 27.4 Å². The monoisotopic (exact) mass is 521 g/mol. The molecular weight excluding hydrogens is 490 g/mol. The van der Waals surface area contributed by atoms with E-state index < -0.39 is 15.9 Å². The summed E-state index contributed by atoms with van der Waals surface area (Å²) in [6.45, 7) is 5.98. The fourth-order valence-electron chi connectivity index (χ4n) is 3.56. The van der Waals surface area contributed by atoms with Crippen LogP contribution in [0.4, 0.5) is 0 Å². The van der Waals surface area contributed by atoms with Crippen molar-refractivity contribution in [3.05, 3.63) is 52.8 Å². The molecule has 0 saturated carbocycles. The van der Waals surface area contributed by atoms with Gasteiger partial charge in [-0.25, -0.2) is 8.42 Å². The van der Waals surface area contributed by atoms with Gasteiger partial charge in [-0.3, -0.25) is 4.79 Å². The molecule has 1 amide bonds. The number of nitrogens with zero attached hydrogens (tertiary/aromatic N) is 3. The van der Waals surface area contributed by atoms with Gasteiger partial charge in [0, 0.05) is 39.4 Å². The fourth-order valence-corrected chi connectivity index (χ4v) is 6.07. The lowest BCUT2D eigenvalue weighted by molar-refractivity contribution is 0.0997. The Morgan fingerprint density at radius 3 is 2.26 bits per heavy atom. The van der Waals surface area contributed by atoms with E-state index in [0.717, 1.165) is 16.0 Å². The number of thiazole rings is 1. The largest absolute Gasteiger partial charge is 0.492 e. The number of amides is 1. The van der Waals surface area contributed by atoms with E-state index in [1.165, 1.54) is 54.1 Å². The third-order valence-corrected chi connectivity index (χ3v) is 8.26. The van der Waals surface area contributed by atoms with Gasteiger partial charge in [-0.15, -0.1) is 0 Å². The summed E-state index contributed by atoms with van der Waals surface area (Å²) in [5.41, 5.74) is 1.21. The van der Waals surface area contributed by atoms with E-state index in [1.54, 1.807) is 0 Å². The fraction of sp³-hybridized carbons (Fsp3) is 0.417. The molecule has 1 heterocycles. The van der Waals surface area contributed by atoms with E-state index in [0.29, 0.717) is 23.5 Å². The first-order chi connectivity index (χ1) is 16.9. The predicted octanol–water partition coefficient (Wildman–Crippen LogP) is 3.15. The number of sulfonamides is 1. The van der Waals surface area contributed by atoms with Crippen molar-refractivity contribution in [2.75, 3.05) is 47.1 Å². The summed E-state index contributed by atoms with van der Waals surface area (Å²) >= 11 is 1.41. The van der Waals surface area contributed by atoms with Crippen molar-refractivity contribution in [3.8, 4) is 5.75 Å². The average molecular weight is 522 g/mol. The topological polar surface area (TPSA) is 99.4 Å². The first-order valence-corrected chi connectivity index (χ1v) is 13.5. The molecule has 1 aromatic heterocycles. The van der Waals surface area contributed by atoms with Crippen LogP contribution in [0, 0.1) is 0 Å². The van der Waals surface area contributed by atoms with Crippen molar-refractivity contribution in [2.45, 2.75) is 25.3 Å². The van der Waals surface area contributed by atoms with Crippen molar-refractivity contribution in [1.82, 2.24) is 8.87 Å². The number of hydrogen-bond acceptors (Lipinski definition) is 7. The molecule has 0 aliphatic heterocycles. The molecule has 3 rings (SSSR count). The van der Waals surface area contributed by atoms with Gasteiger partial charge in [-0.1, -0.05) is 17.4 Å². The van der Waals surface area contributed by atoms with Crippen LogP contribution in [0.15, 0.2) is 52.4 Å². The predicted molar refractivity (Wildman–Crippen MR) is 136 cm³/mol. The summed E-state index contributed by atoms with van der Waals surface area (Å²) < 4.78 is 46.2. The van der Waals surface area contributed by atoms with Gasteiger partial charge in [0.25, 0.3) is 5.91 Å². The van der Waals surface area contributed by atoms with Gasteiger partial charge >= 0.3 is 0 Å². The van der Waals surface area contributed by atoms with Crippen LogP contribution < -0.4 is 9.54 Å². The molecule has 0 fully saturated rings. The molecule has 35 heavy (non-hydrogen) atoms. The molecule has 0 aliphatic rings. The summed E-state index contributed by atoms with van der Waals surface area (Å²) in [6.07, 6.45) is 0. The van der Waals surface area contributed by atoms with Crippen LogP contribution in [-0.4, -0.2) is 70.3 Å². The highest BCUT2D eigenvalue weighted by Gasteiger charge is 2.24. The van der Waals surface area contributed by atoms with Crippen LogP contribution in [0.25, 0.3) is 10.2 Å². The molecule has 0 unspecified atom stereocenters. The molecule has 0 radical (unpaired) electrons. The summed E-state index contributed by atoms with van der Waals surface area (Å²) in [4.78, 5) is 17.9. The highest BCUT2D eigenvalue weighted by atomic mass is 32.2. The van der Waals surface area contributed by atoms with Crippen LogP contribution >= 0.6 is 11.3 Å². The van der Waals surface area contributed by atoms with Crippen molar-refractivity contribution in [2.24, 2.45) is 4.99 Å². The molecule has 11 heteroatoms. The molecule has 9 nitrogen and oxygen atoms in total. The van der Waals surface area contributed by atoms with Crippen molar-refractivity contribution in [3.63, 3.8) is 0 Å². The van der Waals surface area contributed by atoms with Crippen LogP contribution in [-0.2, 0) is 26.0 Å². The number of rotatable bonds is 12. The number of aryl methyl sites for hydroxylation is 1. The maximum Gasteiger partial charge on any atom is 0.279 e. The minimum absolute atomic E-state index is 0.0908. The van der Waals surface area contributed by atoms with Gasteiger partial charge in [0.1, 0.15) is 11.3 Å². The van der Waals surface area contributed by atoms with E-state index in [4.69, 9.17) is 14.2 Å². The van der Waals surface area contributed by atoms with Crippen LogP contribution in [0.5, 0.6) is 5.75 Å². The molecule has 0 bridgehead atoms. The van der Waals surface area contributed by atoms with E-state index in [1.807, 2.05) is 36.6 Å². The zero-order valence-electron chi connectivity index (χ0n) is 20.4. The Morgan fingerprint density at radius 2 is 1.69 bits per heavy atom. The summed E-state index contributed by atoms with van der Waals surface area (Å²) in [5.74, 6) is 0.300. The van der Waals surface area contributed by atoms with E-state index in [2.05, 4.69) is 4.99 Å². The summed E-state index contributed by atoms with van der Waals surface area (Å²) in [6, 6.07) is 11.6. The lowest BCUT2D eigenvalue weighted by Gasteiger charge is -2.21. The van der Waals surface area contributed by atoms with E-state index >= 15 is 0 Å². The Labute approximate surface area is 209 Å². The lowest BCUT2D eigenvalue weighted by atomic mass is 10.2. The highest BCUT2D eigenvalue weighted by molar-refractivity contribution is 7.89. The molecular formula is C24H31N3O6S2. The SMILES string of the molecule is CCOc1cccc2sc(=NC(=O)c3ccc(S(=O)(=O)N(CCOC)CCOC)cc3)n(CC)c12. The number of hydrogen-bond donors (Lipinski definition) is 0. The molecule has 0 saturated heterocycles. The quantitative estimate of drug-likeness (QED) is 0.363. The Kier molecular flexibility index (Phi) is 9.58.